The van der Waals surface area contributed by atoms with Crippen LogP contribution in [0.5, 0.6) is 11.5 Å². The number of hydrogen-bond acceptors (Lipinski definition) is 4. The second-order valence-electron chi connectivity index (χ2n) is 17.8. The van der Waals surface area contributed by atoms with E-state index in [1.807, 2.05) is 45.2 Å². The summed E-state index contributed by atoms with van der Waals surface area (Å²) in [5.74, 6) is 2.26. The summed E-state index contributed by atoms with van der Waals surface area (Å²) in [6.07, 6.45) is 0.581. The van der Waals surface area contributed by atoms with Gasteiger partial charge in [-0.2, -0.15) is 0 Å². The zero-order valence-electron chi connectivity index (χ0n) is 34.9. The van der Waals surface area contributed by atoms with Gasteiger partial charge in [0.05, 0.1) is 11.2 Å². The maximum Gasteiger partial charge on any atom is 0.217 e. The highest BCUT2D eigenvalue weighted by Gasteiger charge is 2.47. The molecule has 270 valence electrons. The lowest BCUT2D eigenvalue weighted by Gasteiger charge is -2.36. The fraction of sp³-hybridized carbons (Fsp3) is 0.375. The molecule has 4 aromatic carbocycles. The first-order valence-corrected chi connectivity index (χ1v) is 19.1. The smallest absolute Gasteiger partial charge is 0.217 e. The van der Waals surface area contributed by atoms with Gasteiger partial charge in [0.1, 0.15) is 28.8 Å². The Hall–Kier alpha value is -4.90. The van der Waals surface area contributed by atoms with E-state index in [2.05, 4.69) is 108 Å². The molecule has 2 aliphatic heterocycles. The van der Waals surface area contributed by atoms with Crippen LogP contribution in [0.25, 0.3) is 27.6 Å². The van der Waals surface area contributed by atoms with Crippen LogP contribution in [-0.4, -0.2) is 21.0 Å². The van der Waals surface area contributed by atoms with Crippen LogP contribution in [0.2, 0.25) is 0 Å². The van der Waals surface area contributed by atoms with Gasteiger partial charge in [0, 0.05) is 36.8 Å². The third-order valence-electron chi connectivity index (χ3n) is 12.3. The molecule has 0 N–H and O–H groups in total. The van der Waals surface area contributed by atoms with Crippen molar-refractivity contribution in [1.29, 1.82) is 0 Å². The van der Waals surface area contributed by atoms with Crippen LogP contribution < -0.4 is 4.74 Å². The van der Waals surface area contributed by atoms with Crippen LogP contribution in [0.15, 0.2) is 77.9 Å². The lowest BCUT2D eigenvalue weighted by atomic mass is 9.72. The predicted molar refractivity (Wildman–Crippen MR) is 218 cm³/mol. The van der Waals surface area contributed by atoms with Crippen LogP contribution in [0.1, 0.15) is 132 Å². The number of aliphatic imine (C=N–C) groups is 1. The van der Waals surface area contributed by atoms with Gasteiger partial charge in [-0.1, -0.05) is 66.7 Å². The summed E-state index contributed by atoms with van der Waals surface area (Å²) in [4.78, 5) is 10.2. The minimum atomic E-state index is -1.53. The quantitative estimate of drug-likeness (QED) is 0.184. The van der Waals surface area contributed by atoms with Crippen molar-refractivity contribution in [3.63, 3.8) is 0 Å². The van der Waals surface area contributed by atoms with Gasteiger partial charge in [-0.3, -0.25) is 4.57 Å². The number of nitrogens with zero attached hydrogens (tertiary/aromatic N) is 3. The van der Waals surface area contributed by atoms with Gasteiger partial charge in [-0.15, -0.1) is 0 Å². The van der Waals surface area contributed by atoms with Crippen molar-refractivity contribution in [2.75, 3.05) is 0 Å². The molecule has 5 nitrogen and oxygen atoms in total. The molecule has 6 aromatic rings. The van der Waals surface area contributed by atoms with Crippen LogP contribution in [0.4, 0.5) is 0 Å². The summed E-state index contributed by atoms with van der Waals surface area (Å²) < 4.78 is 34.2. The number of rotatable bonds is 4. The van der Waals surface area contributed by atoms with Gasteiger partial charge in [0.15, 0.2) is 0 Å². The number of ether oxygens (including phenoxy) is 2. The van der Waals surface area contributed by atoms with E-state index < -0.39 is 12.0 Å². The molecule has 2 atom stereocenters. The average molecular weight is 704 g/mol. The molecule has 0 unspecified atom stereocenters. The number of benzene rings is 4. The highest BCUT2D eigenvalue weighted by Crippen LogP contribution is 2.51. The third-order valence-corrected chi connectivity index (χ3v) is 12.3. The zero-order valence-corrected chi connectivity index (χ0v) is 32.9. The Bertz CT molecular complexity index is 2660. The Morgan fingerprint density at radius 3 is 2.47 bits per heavy atom. The molecule has 0 spiro atoms. The van der Waals surface area contributed by atoms with Gasteiger partial charge >= 0.3 is 0 Å². The van der Waals surface area contributed by atoms with Crippen molar-refractivity contribution in [2.24, 2.45) is 4.99 Å². The minimum absolute atomic E-state index is 0.00398. The number of aromatic nitrogens is 2. The van der Waals surface area contributed by atoms with Crippen molar-refractivity contribution in [2.45, 2.75) is 117 Å². The Balaban J connectivity index is 1.17. The summed E-state index contributed by atoms with van der Waals surface area (Å²) in [7, 11) is 0. The normalized spacial score (nSPS) is 21.4. The highest BCUT2D eigenvalue weighted by atomic mass is 16.5. The van der Waals surface area contributed by atoms with E-state index in [9.17, 15) is 0 Å². The molecule has 4 heterocycles. The van der Waals surface area contributed by atoms with Gasteiger partial charge < -0.3 is 9.47 Å². The van der Waals surface area contributed by atoms with Crippen molar-refractivity contribution < 1.29 is 12.2 Å². The molecule has 5 heteroatoms. The van der Waals surface area contributed by atoms with E-state index in [0.29, 0.717) is 11.6 Å². The fourth-order valence-electron chi connectivity index (χ4n) is 8.78. The molecular formula is C48H51N3O2. The second-order valence-corrected chi connectivity index (χ2v) is 17.8. The van der Waals surface area contributed by atoms with Crippen LogP contribution >= 0.6 is 0 Å². The molecule has 0 saturated heterocycles. The molecular weight excluding hydrogens is 651 g/mol. The van der Waals surface area contributed by atoms with E-state index in [-0.39, 0.29) is 29.2 Å². The molecule has 3 aliphatic rings. The lowest BCUT2D eigenvalue weighted by Crippen LogP contribution is -2.36. The van der Waals surface area contributed by atoms with E-state index in [0.717, 1.165) is 61.4 Å². The van der Waals surface area contributed by atoms with Gasteiger partial charge in [0.25, 0.3) is 0 Å². The van der Waals surface area contributed by atoms with E-state index >= 15 is 0 Å². The molecule has 0 radical (unpaired) electrons. The third kappa shape index (κ3) is 5.02. The molecule has 1 aliphatic carbocycles. The fourth-order valence-corrected chi connectivity index (χ4v) is 8.78. The lowest BCUT2D eigenvalue weighted by molar-refractivity contribution is 0.0601. The Labute approximate surface area is 316 Å². The largest absolute Gasteiger partial charge is 0.468 e. The first kappa shape index (κ1) is 31.6. The second kappa shape index (κ2) is 11.3. The molecule has 0 saturated carbocycles. The number of hydrogen-bond donors (Lipinski definition) is 0. The monoisotopic (exact) mass is 703 g/mol. The van der Waals surface area contributed by atoms with E-state index in [1.54, 1.807) is 0 Å². The zero-order chi connectivity index (χ0) is 39.1. The molecule has 53 heavy (non-hydrogen) atoms. The molecule has 2 aromatic heterocycles. The van der Waals surface area contributed by atoms with Gasteiger partial charge in [-0.05, 0) is 144 Å². The first-order chi connectivity index (χ1) is 25.8. The van der Waals surface area contributed by atoms with Crippen LogP contribution in [0, 0.1) is 20.8 Å². The molecule has 9 rings (SSSR count). The SMILES string of the molecule is [2H]C1([2H])C[C@]2(C)OC(c3cc(Oc4cc5c(cc4C)C(C)(C)c4cc(C(C)(C)C)cc6c7cccnc7n-5c46)cc(C(C)C)c3)=N[C@@H]2c2ccc(C)c(C)c21. The maximum absolute atomic E-state index is 9.11. The topological polar surface area (TPSA) is 48.6 Å². The van der Waals surface area contributed by atoms with Gasteiger partial charge in [0.2, 0.25) is 5.90 Å². The summed E-state index contributed by atoms with van der Waals surface area (Å²) in [6.45, 7) is 24.1. The van der Waals surface area contributed by atoms with Crippen molar-refractivity contribution in [3.8, 4) is 17.2 Å². The van der Waals surface area contributed by atoms with Crippen molar-refractivity contribution in [3.05, 3.63) is 129 Å². The molecule has 0 amide bonds. The average Bonchev–Trinajstić information content (AvgIpc) is 3.63. The standard InChI is InChI=1S/C48H51N3O2/c1-26(2)30-20-31(45-50-43-35-15-14-27(3)29(5)34(35)16-17-48(43,11)53-45)22-33(21-30)52-41-25-40-38(19-28(41)4)47(9,10)39-24-32(46(6,7)8)23-37-36-13-12-18-49-44(36)51(40)42(37)39/h12-15,18-26,43H,16-17H2,1-11H3/t43-,48+/m1/s1/i16D2. The minimum Gasteiger partial charge on any atom is -0.468 e. The number of pyridine rings is 1. The Morgan fingerprint density at radius 1 is 0.925 bits per heavy atom. The summed E-state index contributed by atoms with van der Waals surface area (Å²) in [5, 5.41) is 2.38. The van der Waals surface area contributed by atoms with E-state index in [1.165, 1.54) is 27.6 Å². The summed E-state index contributed by atoms with van der Waals surface area (Å²) >= 11 is 0. The van der Waals surface area contributed by atoms with Crippen LogP contribution in [0.3, 0.4) is 0 Å². The van der Waals surface area contributed by atoms with E-state index in [4.69, 9.17) is 22.2 Å². The highest BCUT2D eigenvalue weighted by molar-refractivity contribution is 6.10. The Kier molecular flexibility index (Phi) is 6.74. The van der Waals surface area contributed by atoms with Crippen LogP contribution in [-0.2, 0) is 21.9 Å². The van der Waals surface area contributed by atoms with Crippen molar-refractivity contribution in [1.82, 2.24) is 9.55 Å². The molecule has 0 bridgehead atoms. The maximum atomic E-state index is 9.11. The van der Waals surface area contributed by atoms with Gasteiger partial charge in [-0.25, -0.2) is 9.98 Å². The summed E-state index contributed by atoms with van der Waals surface area (Å²) in [6, 6.07) is 23.6. The predicted octanol–water partition coefficient (Wildman–Crippen LogP) is 12.2. The van der Waals surface area contributed by atoms with Crippen molar-refractivity contribution >= 4 is 27.8 Å². The summed E-state index contributed by atoms with van der Waals surface area (Å²) in [5.41, 5.74) is 12.8. The number of aryl methyl sites for hydroxylation is 2. The number of fused-ring (bicyclic) bond motifs is 8. The Morgan fingerprint density at radius 2 is 1.72 bits per heavy atom. The first-order valence-electron chi connectivity index (χ1n) is 20.1. The molecule has 0 fully saturated rings.